The van der Waals surface area contributed by atoms with Crippen molar-refractivity contribution in [2.45, 2.75) is 19.1 Å². The molecule has 2 atom stereocenters. The van der Waals surface area contributed by atoms with Crippen LogP contribution in [0.2, 0.25) is 0 Å². The van der Waals surface area contributed by atoms with Crippen molar-refractivity contribution in [2.75, 3.05) is 6.54 Å². The van der Waals surface area contributed by atoms with E-state index in [-0.39, 0.29) is 18.2 Å². The maximum Gasteiger partial charge on any atom is 0.315 e. The van der Waals surface area contributed by atoms with Gasteiger partial charge >= 0.3 is 6.03 Å². The topological polar surface area (TPSA) is 92.1 Å². The Hall–Kier alpha value is -2.55. The van der Waals surface area contributed by atoms with E-state index >= 15 is 0 Å². The summed E-state index contributed by atoms with van der Waals surface area (Å²) in [6.45, 7) is 1.58. The number of carbonyl (C=O) groups is 1. The summed E-state index contributed by atoms with van der Waals surface area (Å²) in [4.78, 5) is 11.8. The predicted molar refractivity (Wildman–Crippen MR) is 77.3 cm³/mol. The molecule has 3 N–H and O–H groups in total. The predicted octanol–water partition coefficient (Wildman–Crippen LogP) is 1.19. The number of hydrogen-bond donors (Lipinski definition) is 3. The summed E-state index contributed by atoms with van der Waals surface area (Å²) in [5, 5.41) is 22.6. The van der Waals surface area contributed by atoms with Crippen molar-refractivity contribution in [1.82, 2.24) is 25.4 Å². The Morgan fingerprint density at radius 2 is 2.13 bits per heavy atom. The molecule has 0 aliphatic carbocycles. The number of aliphatic hydroxyl groups excluding tert-OH is 1. The Bertz CT molecular complexity index is 692. The van der Waals surface area contributed by atoms with Gasteiger partial charge in [0.05, 0.1) is 12.1 Å². The molecule has 2 rings (SSSR count). The van der Waals surface area contributed by atoms with Crippen LogP contribution in [-0.2, 0) is 7.05 Å². The molecule has 0 radical (unpaired) electrons. The van der Waals surface area contributed by atoms with E-state index in [4.69, 9.17) is 0 Å². The second kappa shape index (κ2) is 7.14. The molecule has 2 unspecified atom stereocenters. The quantitative estimate of drug-likeness (QED) is 0.770. The summed E-state index contributed by atoms with van der Waals surface area (Å²) in [6.07, 6.45) is 0.360. The molecule has 7 nitrogen and oxygen atoms in total. The zero-order valence-corrected chi connectivity index (χ0v) is 12.6. The number of nitrogens with zero attached hydrogens (tertiary/aromatic N) is 3. The molecule has 0 saturated heterocycles. The molecule has 0 aliphatic heterocycles. The number of carbonyl (C=O) groups excluding carboxylic acids is 1. The van der Waals surface area contributed by atoms with Gasteiger partial charge in [0.1, 0.15) is 6.33 Å². The maximum atomic E-state index is 13.1. The second-order valence-corrected chi connectivity index (χ2v) is 5.07. The molecule has 124 valence electrons. The van der Waals surface area contributed by atoms with Gasteiger partial charge in [0.2, 0.25) is 0 Å². The lowest BCUT2D eigenvalue weighted by molar-refractivity contribution is 0.172. The first kappa shape index (κ1) is 16.8. The number of aliphatic hydroxyl groups is 1. The van der Waals surface area contributed by atoms with Gasteiger partial charge in [-0.25, -0.2) is 13.6 Å². The Balaban J connectivity index is 1.86. The first-order valence-electron chi connectivity index (χ1n) is 6.89. The van der Waals surface area contributed by atoms with Crippen molar-refractivity contribution in [3.05, 3.63) is 47.5 Å². The van der Waals surface area contributed by atoms with E-state index in [1.54, 1.807) is 18.5 Å². The van der Waals surface area contributed by atoms with Gasteiger partial charge in [-0.05, 0) is 24.6 Å². The minimum absolute atomic E-state index is 0.150. The van der Waals surface area contributed by atoms with E-state index in [1.807, 2.05) is 0 Å². The Morgan fingerprint density at radius 1 is 1.39 bits per heavy atom. The van der Waals surface area contributed by atoms with Crippen LogP contribution in [0.25, 0.3) is 0 Å². The molecule has 23 heavy (non-hydrogen) atoms. The lowest BCUT2D eigenvalue weighted by Gasteiger charge is -2.16. The minimum atomic E-state index is -1.15. The van der Waals surface area contributed by atoms with Crippen LogP contribution < -0.4 is 10.6 Å². The molecule has 1 heterocycles. The lowest BCUT2D eigenvalue weighted by atomic mass is 10.1. The third kappa shape index (κ3) is 4.22. The Kier molecular flexibility index (Phi) is 5.22. The van der Waals surface area contributed by atoms with Crippen molar-refractivity contribution in [3.63, 3.8) is 0 Å². The van der Waals surface area contributed by atoms with Crippen molar-refractivity contribution in [1.29, 1.82) is 0 Å². The van der Waals surface area contributed by atoms with Crippen LogP contribution in [0, 0.1) is 11.6 Å². The number of rotatable bonds is 5. The van der Waals surface area contributed by atoms with Gasteiger partial charge in [0.25, 0.3) is 0 Å². The fourth-order valence-electron chi connectivity index (χ4n) is 2.02. The molecule has 1 aromatic heterocycles. The van der Waals surface area contributed by atoms with Gasteiger partial charge < -0.3 is 20.3 Å². The molecule has 2 aromatic rings. The highest BCUT2D eigenvalue weighted by Gasteiger charge is 2.16. The van der Waals surface area contributed by atoms with Crippen LogP contribution in [0.15, 0.2) is 24.5 Å². The van der Waals surface area contributed by atoms with Crippen LogP contribution in [0.3, 0.4) is 0 Å². The largest absolute Gasteiger partial charge is 0.387 e. The molecule has 0 aliphatic rings. The summed E-state index contributed by atoms with van der Waals surface area (Å²) in [6, 6.07) is 2.15. The number of benzene rings is 1. The van der Waals surface area contributed by atoms with E-state index in [9.17, 15) is 18.7 Å². The highest BCUT2D eigenvalue weighted by atomic mass is 19.2. The van der Waals surface area contributed by atoms with Gasteiger partial charge in [0, 0.05) is 13.6 Å². The zero-order valence-electron chi connectivity index (χ0n) is 12.6. The smallest absolute Gasteiger partial charge is 0.315 e. The zero-order chi connectivity index (χ0) is 17.0. The van der Waals surface area contributed by atoms with E-state index in [2.05, 4.69) is 20.8 Å². The first-order valence-corrected chi connectivity index (χ1v) is 6.89. The van der Waals surface area contributed by atoms with Crippen molar-refractivity contribution in [2.24, 2.45) is 7.05 Å². The normalized spacial score (nSPS) is 13.4. The number of amides is 2. The minimum Gasteiger partial charge on any atom is -0.387 e. The fourth-order valence-corrected chi connectivity index (χ4v) is 2.02. The molecular formula is C14H17F2N5O2. The summed E-state index contributed by atoms with van der Waals surface area (Å²) in [5.41, 5.74) is 0.172. The summed E-state index contributed by atoms with van der Waals surface area (Å²) >= 11 is 0. The van der Waals surface area contributed by atoms with E-state index in [1.165, 1.54) is 12.4 Å². The van der Waals surface area contributed by atoms with E-state index in [0.29, 0.717) is 5.82 Å². The van der Waals surface area contributed by atoms with E-state index in [0.717, 1.165) is 12.1 Å². The Labute approximate surface area is 131 Å². The number of nitrogens with one attached hydrogen (secondary N) is 2. The Morgan fingerprint density at radius 3 is 2.74 bits per heavy atom. The van der Waals surface area contributed by atoms with Gasteiger partial charge in [-0.15, -0.1) is 10.2 Å². The number of aromatic nitrogens is 3. The molecule has 1 aromatic carbocycles. The van der Waals surface area contributed by atoms with Crippen LogP contribution in [0.4, 0.5) is 13.6 Å². The molecule has 9 heteroatoms. The second-order valence-electron chi connectivity index (χ2n) is 5.07. The van der Waals surface area contributed by atoms with Crippen molar-refractivity contribution >= 4 is 6.03 Å². The number of urea groups is 1. The summed E-state index contributed by atoms with van der Waals surface area (Å²) in [5.74, 6) is -1.48. The van der Waals surface area contributed by atoms with Crippen LogP contribution >= 0.6 is 0 Å². The maximum absolute atomic E-state index is 13.1. The monoisotopic (exact) mass is 325 g/mol. The highest BCUT2D eigenvalue weighted by molar-refractivity contribution is 5.74. The average Bonchev–Trinajstić information content (AvgIpc) is 2.93. The lowest BCUT2D eigenvalue weighted by Crippen LogP contribution is -2.39. The van der Waals surface area contributed by atoms with Gasteiger partial charge in [-0.3, -0.25) is 0 Å². The third-order valence-electron chi connectivity index (χ3n) is 3.27. The van der Waals surface area contributed by atoms with Gasteiger partial charge in [0.15, 0.2) is 17.5 Å². The number of aryl methyl sites for hydroxylation is 1. The highest BCUT2D eigenvalue weighted by Crippen LogP contribution is 2.15. The average molecular weight is 325 g/mol. The number of hydrogen-bond acceptors (Lipinski definition) is 4. The number of halogens is 2. The van der Waals surface area contributed by atoms with E-state index < -0.39 is 23.8 Å². The SMILES string of the molecule is CC(NC(=O)NCC(O)c1ccc(F)c(F)c1)c1nncn1C. The van der Waals surface area contributed by atoms with Crippen molar-refractivity contribution in [3.8, 4) is 0 Å². The molecule has 0 spiro atoms. The molecule has 2 amide bonds. The summed E-state index contributed by atoms with van der Waals surface area (Å²) in [7, 11) is 1.75. The molecule has 0 saturated carbocycles. The third-order valence-corrected chi connectivity index (χ3v) is 3.27. The van der Waals surface area contributed by atoms with Crippen LogP contribution in [-0.4, -0.2) is 32.4 Å². The molecule has 0 bridgehead atoms. The van der Waals surface area contributed by atoms with Crippen molar-refractivity contribution < 1.29 is 18.7 Å². The molecular weight excluding hydrogens is 308 g/mol. The van der Waals surface area contributed by atoms with Gasteiger partial charge in [-0.2, -0.15) is 0 Å². The van der Waals surface area contributed by atoms with Crippen LogP contribution in [0.5, 0.6) is 0 Å². The summed E-state index contributed by atoms with van der Waals surface area (Å²) < 4.78 is 27.6. The fraction of sp³-hybridized carbons (Fsp3) is 0.357. The van der Waals surface area contributed by atoms with Crippen LogP contribution in [0.1, 0.15) is 30.5 Å². The molecule has 0 fully saturated rings. The first-order chi connectivity index (χ1) is 10.9. The standard InChI is InChI=1S/C14H17F2N5O2/c1-8(13-20-18-7-21(13)2)19-14(23)17-6-12(22)9-3-4-10(15)11(16)5-9/h3-5,7-8,12,22H,6H2,1-2H3,(H2,17,19,23). The van der Waals surface area contributed by atoms with Gasteiger partial charge in [-0.1, -0.05) is 6.07 Å².